The van der Waals surface area contributed by atoms with Gasteiger partial charge in [0.2, 0.25) is 0 Å². The number of carbonyl (C=O) groups excluding carboxylic acids is 1. The molecule has 1 fully saturated rings. The number of piperidine rings is 1. The lowest BCUT2D eigenvalue weighted by Crippen LogP contribution is -2.52. The van der Waals surface area contributed by atoms with Crippen LogP contribution < -0.4 is 11.1 Å². The van der Waals surface area contributed by atoms with Crippen LogP contribution in [0.4, 0.5) is 4.39 Å². The minimum Gasteiger partial charge on any atom is -0.466 e. The van der Waals surface area contributed by atoms with E-state index >= 15 is 0 Å². The van der Waals surface area contributed by atoms with Gasteiger partial charge in [-0.2, -0.15) is 0 Å². The Morgan fingerprint density at radius 1 is 1.23 bits per heavy atom. The van der Waals surface area contributed by atoms with Gasteiger partial charge in [-0.05, 0) is 69.1 Å². The van der Waals surface area contributed by atoms with Crippen LogP contribution in [0.5, 0.6) is 0 Å². The molecule has 0 amide bonds. The van der Waals surface area contributed by atoms with Gasteiger partial charge in [0.1, 0.15) is 11.9 Å². The first-order valence-electron chi connectivity index (χ1n) is 12.0. The van der Waals surface area contributed by atoms with Crippen molar-refractivity contribution in [2.45, 2.75) is 38.7 Å². The van der Waals surface area contributed by atoms with E-state index in [-0.39, 0.29) is 23.8 Å². The minimum atomic E-state index is -0.747. The lowest BCUT2D eigenvalue weighted by atomic mass is 9.64. The molecule has 2 aliphatic heterocycles. The van der Waals surface area contributed by atoms with Crippen molar-refractivity contribution in [3.8, 4) is 0 Å². The van der Waals surface area contributed by atoms with E-state index in [2.05, 4.69) is 15.5 Å². The molecule has 1 saturated heterocycles. The second-order valence-corrected chi connectivity index (χ2v) is 9.18. The van der Waals surface area contributed by atoms with E-state index in [4.69, 9.17) is 14.0 Å². The number of esters is 1. The van der Waals surface area contributed by atoms with Gasteiger partial charge in [-0.3, -0.25) is 9.78 Å². The number of aromatic nitrogens is 1. The molecule has 0 aliphatic carbocycles. The number of oxazole rings is 1. The van der Waals surface area contributed by atoms with Crippen LogP contribution in [0.2, 0.25) is 0 Å². The lowest BCUT2D eigenvalue weighted by molar-refractivity contribution is -0.166. The molecule has 5 rings (SSSR count). The van der Waals surface area contributed by atoms with Gasteiger partial charge in [0.25, 0.3) is 0 Å². The molecule has 2 unspecified atom stereocenters. The number of halogens is 1. The molecule has 1 aromatic heterocycles. The highest BCUT2D eigenvalue weighted by atomic mass is 19.1. The zero-order valence-electron chi connectivity index (χ0n) is 19.5. The molecule has 184 valence electrons. The standard InChI is InChI=1S/C26H28FN3O5/c1-2-33-24(31)26(9-11-28-12-10-26)19(13-16-3-6-18(27)7-4-16)22-15-21(30-35-22)17-5-8-20-23(14-17)34-25(32)29-20/h3-8,14,19,22,28H,2,9-13,15H2,1H3,(H,29,32). The van der Waals surface area contributed by atoms with E-state index < -0.39 is 11.2 Å². The van der Waals surface area contributed by atoms with E-state index in [1.807, 2.05) is 13.0 Å². The number of hydrogen-bond donors (Lipinski definition) is 2. The summed E-state index contributed by atoms with van der Waals surface area (Å²) >= 11 is 0. The predicted octanol–water partition coefficient (Wildman–Crippen LogP) is 3.55. The van der Waals surface area contributed by atoms with Crippen LogP contribution in [0.1, 0.15) is 37.3 Å². The highest BCUT2D eigenvalue weighted by molar-refractivity contribution is 6.03. The van der Waals surface area contributed by atoms with Crippen LogP contribution in [-0.4, -0.2) is 42.5 Å². The second-order valence-electron chi connectivity index (χ2n) is 9.18. The zero-order valence-corrected chi connectivity index (χ0v) is 19.5. The summed E-state index contributed by atoms with van der Waals surface area (Å²) < 4.78 is 24.4. The van der Waals surface area contributed by atoms with E-state index in [1.165, 1.54) is 12.1 Å². The molecule has 35 heavy (non-hydrogen) atoms. The van der Waals surface area contributed by atoms with E-state index in [1.54, 1.807) is 24.3 Å². The fourth-order valence-electron chi connectivity index (χ4n) is 5.34. The maximum Gasteiger partial charge on any atom is 0.417 e. The van der Waals surface area contributed by atoms with E-state index in [0.29, 0.717) is 56.5 Å². The Morgan fingerprint density at radius 3 is 2.74 bits per heavy atom. The smallest absolute Gasteiger partial charge is 0.417 e. The topological polar surface area (TPSA) is 106 Å². The molecule has 2 aromatic carbocycles. The Labute approximate surface area is 201 Å². The first-order valence-corrected chi connectivity index (χ1v) is 12.0. The number of oxime groups is 1. The molecule has 0 radical (unpaired) electrons. The molecule has 0 spiro atoms. The summed E-state index contributed by atoms with van der Waals surface area (Å²) in [4.78, 5) is 33.6. The zero-order chi connectivity index (χ0) is 24.4. The van der Waals surface area contributed by atoms with Crippen LogP contribution in [0.25, 0.3) is 11.1 Å². The molecule has 3 aromatic rings. The molecule has 2 aliphatic rings. The van der Waals surface area contributed by atoms with E-state index in [0.717, 1.165) is 16.8 Å². The number of nitrogens with one attached hydrogen (secondary N) is 2. The minimum absolute atomic E-state index is 0.221. The quantitative estimate of drug-likeness (QED) is 0.500. The van der Waals surface area contributed by atoms with Crippen LogP contribution in [-0.2, 0) is 20.8 Å². The first kappa shape index (κ1) is 23.3. The van der Waals surface area contributed by atoms with Crippen molar-refractivity contribution in [3.05, 3.63) is 70.0 Å². The maximum absolute atomic E-state index is 13.6. The van der Waals surface area contributed by atoms with Crippen LogP contribution in [0.15, 0.2) is 56.8 Å². The molecule has 8 nitrogen and oxygen atoms in total. The van der Waals surface area contributed by atoms with Gasteiger partial charge in [0, 0.05) is 17.9 Å². The van der Waals surface area contributed by atoms with Crippen molar-refractivity contribution in [2.75, 3.05) is 19.7 Å². The average molecular weight is 482 g/mol. The third-order valence-corrected chi connectivity index (χ3v) is 7.15. The third-order valence-electron chi connectivity index (χ3n) is 7.15. The molecule has 2 atom stereocenters. The number of aromatic amines is 1. The molecule has 0 saturated carbocycles. The van der Waals surface area contributed by atoms with Crippen molar-refractivity contribution in [1.29, 1.82) is 0 Å². The second kappa shape index (κ2) is 9.65. The van der Waals surface area contributed by atoms with Crippen molar-refractivity contribution in [1.82, 2.24) is 10.3 Å². The molecule has 2 N–H and O–H groups in total. The number of fused-ring (bicyclic) bond motifs is 1. The van der Waals surface area contributed by atoms with Crippen molar-refractivity contribution in [3.63, 3.8) is 0 Å². The van der Waals surface area contributed by atoms with Gasteiger partial charge in [-0.25, -0.2) is 9.18 Å². The number of hydrogen-bond acceptors (Lipinski definition) is 7. The highest BCUT2D eigenvalue weighted by Gasteiger charge is 2.52. The van der Waals surface area contributed by atoms with Crippen molar-refractivity contribution >= 4 is 22.8 Å². The Bertz CT molecular complexity index is 1290. The Hall–Kier alpha value is -3.46. The van der Waals surface area contributed by atoms with Crippen LogP contribution in [0, 0.1) is 17.2 Å². The fourth-order valence-corrected chi connectivity index (χ4v) is 5.34. The number of rotatable bonds is 7. The summed E-state index contributed by atoms with van der Waals surface area (Å²) in [6.45, 7) is 3.50. The molecular formula is C26H28FN3O5. The van der Waals surface area contributed by atoms with E-state index in [9.17, 15) is 14.0 Å². The highest BCUT2D eigenvalue weighted by Crippen LogP contribution is 2.45. The summed E-state index contributed by atoms with van der Waals surface area (Å²) in [6, 6.07) is 11.8. The van der Waals surface area contributed by atoms with Crippen molar-refractivity contribution < 1.29 is 23.2 Å². The Morgan fingerprint density at radius 2 is 2.00 bits per heavy atom. The third kappa shape index (κ3) is 4.60. The van der Waals surface area contributed by atoms with Gasteiger partial charge < -0.3 is 19.3 Å². The first-order chi connectivity index (χ1) is 17.0. The fraction of sp³-hybridized carbons (Fsp3) is 0.423. The van der Waals surface area contributed by atoms with Gasteiger partial charge in [0.15, 0.2) is 5.58 Å². The molecule has 0 bridgehead atoms. The molecular weight excluding hydrogens is 453 g/mol. The number of ether oxygens (including phenoxy) is 1. The summed E-state index contributed by atoms with van der Waals surface area (Å²) in [6.07, 6.45) is 1.88. The van der Waals surface area contributed by atoms with Crippen molar-refractivity contribution in [2.24, 2.45) is 16.5 Å². The number of benzene rings is 2. The number of H-pyrrole nitrogens is 1. The molecule has 9 heteroatoms. The largest absolute Gasteiger partial charge is 0.466 e. The number of carbonyl (C=O) groups is 1. The van der Waals surface area contributed by atoms with Gasteiger partial charge >= 0.3 is 11.7 Å². The Kier molecular flexibility index (Phi) is 6.42. The predicted molar refractivity (Wildman–Crippen MR) is 128 cm³/mol. The van der Waals surface area contributed by atoms with Gasteiger partial charge in [-0.15, -0.1) is 0 Å². The lowest BCUT2D eigenvalue weighted by Gasteiger charge is -2.43. The summed E-state index contributed by atoms with van der Waals surface area (Å²) in [5, 5.41) is 7.71. The summed E-state index contributed by atoms with van der Waals surface area (Å²) in [7, 11) is 0. The summed E-state index contributed by atoms with van der Waals surface area (Å²) in [5.41, 5.74) is 2.74. The van der Waals surface area contributed by atoms with Crippen LogP contribution >= 0.6 is 0 Å². The SMILES string of the molecule is CCOC(=O)C1(C(Cc2ccc(F)cc2)C2CC(c3ccc4[nH]c(=O)oc4c3)=NO2)CCNCC1. The average Bonchev–Trinajstić information content (AvgIpc) is 3.49. The number of nitrogens with zero attached hydrogens (tertiary/aromatic N) is 1. The molecule has 3 heterocycles. The van der Waals surface area contributed by atoms with Gasteiger partial charge in [-0.1, -0.05) is 23.4 Å². The monoisotopic (exact) mass is 481 g/mol. The maximum atomic E-state index is 13.6. The van der Waals surface area contributed by atoms with Crippen LogP contribution in [0.3, 0.4) is 0 Å². The summed E-state index contributed by atoms with van der Waals surface area (Å²) in [5.74, 6) is -1.27. The Balaban J connectivity index is 1.46. The normalized spacial score (nSPS) is 20.3. The van der Waals surface area contributed by atoms with Gasteiger partial charge in [0.05, 0.1) is 23.3 Å².